The Kier molecular flexibility index (Phi) is 6.39. The van der Waals surface area contributed by atoms with Gasteiger partial charge in [0, 0.05) is 36.5 Å². The molecule has 0 bridgehead atoms. The summed E-state index contributed by atoms with van der Waals surface area (Å²) >= 11 is 0. The molecule has 138 valence electrons. The van der Waals surface area contributed by atoms with Crippen molar-refractivity contribution in [3.63, 3.8) is 0 Å². The first kappa shape index (κ1) is 19.6. The van der Waals surface area contributed by atoms with Crippen LogP contribution in [0.2, 0.25) is 0 Å². The highest BCUT2D eigenvalue weighted by atomic mass is 19.3. The van der Waals surface area contributed by atoms with Crippen molar-refractivity contribution in [1.29, 1.82) is 0 Å². The zero-order valence-electron chi connectivity index (χ0n) is 15.9. The van der Waals surface area contributed by atoms with Gasteiger partial charge >= 0.3 is 0 Å². The molecular weight excluding hydrogens is 318 g/mol. The van der Waals surface area contributed by atoms with Crippen LogP contribution in [-0.2, 0) is 0 Å². The highest BCUT2D eigenvalue weighted by Crippen LogP contribution is 2.42. The van der Waals surface area contributed by atoms with E-state index in [4.69, 9.17) is 0 Å². The van der Waals surface area contributed by atoms with Crippen LogP contribution >= 0.6 is 0 Å². The molecule has 2 aliphatic rings. The second kappa shape index (κ2) is 8.13. The number of hydrogen-bond acceptors (Lipinski definition) is 2. The summed E-state index contributed by atoms with van der Waals surface area (Å²) in [5, 5.41) is 0. The third-order valence-electron chi connectivity index (χ3n) is 4.85. The van der Waals surface area contributed by atoms with Gasteiger partial charge in [-0.2, -0.15) is 0 Å². The molecule has 1 saturated heterocycles. The number of rotatable bonds is 1. The lowest BCUT2D eigenvalue weighted by Gasteiger charge is -2.31. The van der Waals surface area contributed by atoms with Gasteiger partial charge in [0.1, 0.15) is 0 Å². The Balaban J connectivity index is 0.000000236. The molecule has 0 spiro atoms. The molecule has 0 amide bonds. The maximum atomic E-state index is 13.6. The number of aryl methyl sites for hydroxylation is 1. The summed E-state index contributed by atoms with van der Waals surface area (Å²) in [5.74, 6) is -2.85. The van der Waals surface area contributed by atoms with Crippen LogP contribution in [0.15, 0.2) is 36.6 Å². The molecule has 2 heterocycles. The summed E-state index contributed by atoms with van der Waals surface area (Å²) in [6.07, 6.45) is 7.18. The van der Waals surface area contributed by atoms with Gasteiger partial charge in [-0.05, 0) is 58.1 Å². The van der Waals surface area contributed by atoms with E-state index >= 15 is 0 Å². The molecule has 1 aromatic carbocycles. The van der Waals surface area contributed by atoms with E-state index in [0.29, 0.717) is 11.3 Å². The Labute approximate surface area is 150 Å². The second-order valence-electron chi connectivity index (χ2n) is 7.23. The summed E-state index contributed by atoms with van der Waals surface area (Å²) in [6, 6.07) is 5.56. The topological polar surface area (TPSA) is 6.48 Å². The maximum Gasteiger partial charge on any atom is 0.271 e. The van der Waals surface area contributed by atoms with Gasteiger partial charge in [0.05, 0.1) is 0 Å². The third kappa shape index (κ3) is 5.15. The molecule has 0 radical (unpaired) electrons. The van der Waals surface area contributed by atoms with Crippen LogP contribution in [0.4, 0.5) is 14.5 Å². The number of nitrogens with zero attached hydrogens (tertiary/aromatic N) is 2. The molecule has 0 saturated carbocycles. The molecule has 0 aromatic heterocycles. The minimum Gasteiger partial charge on any atom is -0.345 e. The van der Waals surface area contributed by atoms with E-state index < -0.39 is 5.92 Å². The molecule has 0 unspecified atom stereocenters. The van der Waals surface area contributed by atoms with E-state index in [1.165, 1.54) is 44.8 Å². The summed E-state index contributed by atoms with van der Waals surface area (Å²) in [7, 11) is 4.04. The standard InChI is InChI=1S/C14H15F2N.C7H15N/c1-9-5-6-13-11(7-9)12(14(3,15)16)8-10(2)17(13)4;1-8-6-4-2-3-5-7-8/h5-8H,2H2,1,3-4H3;2-7H2,1H3. The summed E-state index contributed by atoms with van der Waals surface area (Å²) < 4.78 is 27.2. The van der Waals surface area contributed by atoms with Crippen molar-refractivity contribution in [2.45, 2.75) is 45.5 Å². The minimum atomic E-state index is -2.85. The van der Waals surface area contributed by atoms with E-state index in [2.05, 4.69) is 18.5 Å². The predicted molar refractivity (Wildman–Crippen MR) is 103 cm³/mol. The lowest BCUT2D eigenvalue weighted by molar-refractivity contribution is 0.0891. The number of alkyl halides is 2. The van der Waals surface area contributed by atoms with Gasteiger partial charge in [-0.3, -0.25) is 0 Å². The molecule has 25 heavy (non-hydrogen) atoms. The Morgan fingerprint density at radius 1 is 1.04 bits per heavy atom. The normalized spacial score (nSPS) is 18.7. The monoisotopic (exact) mass is 348 g/mol. The predicted octanol–water partition coefficient (Wildman–Crippen LogP) is 5.49. The number of hydrogen-bond donors (Lipinski definition) is 0. The Morgan fingerprint density at radius 3 is 2.20 bits per heavy atom. The number of likely N-dealkylation sites (tertiary alicyclic amines) is 1. The lowest BCUT2D eigenvalue weighted by atomic mass is 9.92. The van der Waals surface area contributed by atoms with Crippen LogP contribution in [0.5, 0.6) is 0 Å². The van der Waals surface area contributed by atoms with E-state index in [9.17, 15) is 8.78 Å². The second-order valence-corrected chi connectivity index (χ2v) is 7.23. The van der Waals surface area contributed by atoms with Crippen molar-refractivity contribution in [2.75, 3.05) is 32.1 Å². The van der Waals surface area contributed by atoms with Crippen LogP contribution < -0.4 is 4.90 Å². The van der Waals surface area contributed by atoms with Crippen molar-refractivity contribution in [2.24, 2.45) is 0 Å². The molecule has 0 atom stereocenters. The summed E-state index contributed by atoms with van der Waals surface area (Å²) in [4.78, 5) is 4.25. The molecule has 0 N–H and O–H groups in total. The first-order chi connectivity index (χ1) is 11.7. The first-order valence-electron chi connectivity index (χ1n) is 9.02. The zero-order valence-corrected chi connectivity index (χ0v) is 15.9. The average molecular weight is 348 g/mol. The van der Waals surface area contributed by atoms with E-state index in [1.54, 1.807) is 6.07 Å². The van der Waals surface area contributed by atoms with Gasteiger partial charge in [0.25, 0.3) is 5.92 Å². The van der Waals surface area contributed by atoms with Gasteiger partial charge in [-0.1, -0.05) is 31.1 Å². The molecule has 2 nitrogen and oxygen atoms in total. The van der Waals surface area contributed by atoms with E-state index in [1.807, 2.05) is 31.0 Å². The molecule has 0 aliphatic carbocycles. The van der Waals surface area contributed by atoms with Gasteiger partial charge in [-0.15, -0.1) is 0 Å². The van der Waals surface area contributed by atoms with Gasteiger partial charge in [0.15, 0.2) is 0 Å². The Bertz CT molecular complexity index is 636. The number of benzene rings is 1. The fourth-order valence-corrected chi connectivity index (χ4v) is 3.25. The number of likely N-dealkylation sites (N-methyl/N-ethyl adjacent to an activating group) is 1. The van der Waals surface area contributed by atoms with Crippen LogP contribution in [0.1, 0.15) is 43.7 Å². The van der Waals surface area contributed by atoms with Crippen LogP contribution in [0.3, 0.4) is 0 Å². The van der Waals surface area contributed by atoms with Crippen LogP contribution in [-0.4, -0.2) is 38.0 Å². The molecule has 4 heteroatoms. The Hall–Kier alpha value is -1.68. The minimum absolute atomic E-state index is 0.0410. The van der Waals surface area contributed by atoms with Crippen molar-refractivity contribution < 1.29 is 8.78 Å². The third-order valence-corrected chi connectivity index (χ3v) is 4.85. The SMILES string of the molecule is C=C1C=C(C(C)(F)F)c2cc(C)ccc2N1C.CN1CCCCCC1. The summed E-state index contributed by atoms with van der Waals surface area (Å²) in [5.41, 5.74) is 2.96. The average Bonchev–Trinajstić information content (AvgIpc) is 2.78. The Morgan fingerprint density at radius 2 is 1.64 bits per heavy atom. The van der Waals surface area contributed by atoms with Gasteiger partial charge < -0.3 is 9.80 Å². The zero-order chi connectivity index (χ0) is 18.6. The van der Waals surface area contributed by atoms with Crippen molar-refractivity contribution in [3.05, 3.63) is 47.7 Å². The lowest BCUT2D eigenvalue weighted by Crippen LogP contribution is -2.24. The van der Waals surface area contributed by atoms with Crippen LogP contribution in [0, 0.1) is 6.92 Å². The smallest absolute Gasteiger partial charge is 0.271 e. The number of allylic oxidation sites excluding steroid dienone is 2. The van der Waals surface area contributed by atoms with Crippen molar-refractivity contribution >= 4 is 11.3 Å². The summed E-state index contributed by atoms with van der Waals surface area (Å²) in [6.45, 7) is 9.25. The number of halogens is 2. The highest BCUT2D eigenvalue weighted by Gasteiger charge is 2.33. The molecule has 3 rings (SSSR count). The van der Waals surface area contributed by atoms with E-state index in [0.717, 1.165) is 18.2 Å². The van der Waals surface area contributed by atoms with E-state index in [-0.39, 0.29) is 5.57 Å². The van der Waals surface area contributed by atoms with Crippen molar-refractivity contribution in [1.82, 2.24) is 4.90 Å². The molecular formula is C21H30F2N2. The first-order valence-corrected chi connectivity index (χ1v) is 9.02. The van der Waals surface area contributed by atoms with Crippen molar-refractivity contribution in [3.8, 4) is 0 Å². The maximum absolute atomic E-state index is 13.6. The van der Waals surface area contributed by atoms with Gasteiger partial charge in [-0.25, -0.2) is 8.78 Å². The number of fused-ring (bicyclic) bond motifs is 1. The molecule has 1 aromatic rings. The highest BCUT2D eigenvalue weighted by molar-refractivity contribution is 5.86. The quantitative estimate of drug-likeness (QED) is 0.662. The van der Waals surface area contributed by atoms with Crippen LogP contribution in [0.25, 0.3) is 5.57 Å². The molecule has 2 aliphatic heterocycles. The fourth-order valence-electron chi connectivity index (χ4n) is 3.25. The fraction of sp³-hybridized carbons (Fsp3) is 0.524. The largest absolute Gasteiger partial charge is 0.345 e. The van der Waals surface area contributed by atoms with Gasteiger partial charge in [0.2, 0.25) is 0 Å². The molecule has 1 fully saturated rings. The number of anilines is 1.